The number of hydrogen-bond acceptors (Lipinski definition) is 7. The lowest BCUT2D eigenvalue weighted by atomic mass is 10.2. The summed E-state index contributed by atoms with van der Waals surface area (Å²) in [5, 5.41) is 40.4. The molecule has 0 unspecified atom stereocenters. The fourth-order valence-corrected chi connectivity index (χ4v) is 1.23. The van der Waals surface area contributed by atoms with Gasteiger partial charge in [-0.3, -0.25) is 19.2 Å². The first kappa shape index (κ1) is 39.6. The van der Waals surface area contributed by atoms with Crippen LogP contribution in [0.3, 0.4) is 0 Å². The Morgan fingerprint density at radius 2 is 0.903 bits per heavy atom. The molecular weight excluding hydrogens is 408 g/mol. The maximum Gasteiger partial charge on any atom is 0.310 e. The maximum atomic E-state index is 10.5. The number of carbonyl (C=O) groups is 4. The van der Waals surface area contributed by atoms with Gasteiger partial charge in [-0.25, -0.2) is 0 Å². The monoisotopic (exact) mass is 454 g/mol. The lowest BCUT2D eigenvalue weighted by Gasteiger charge is -1.90. The Morgan fingerprint density at radius 1 is 0.645 bits per heavy atom. The summed E-state index contributed by atoms with van der Waals surface area (Å²) in [6, 6.07) is 0. The van der Waals surface area contributed by atoms with Crippen molar-refractivity contribution in [2.24, 2.45) is 0 Å². The van der Waals surface area contributed by atoms with Crippen LogP contribution in [0.4, 0.5) is 0 Å². The zero-order chi connectivity index (χ0) is 25.8. The molecule has 9 nitrogen and oxygen atoms in total. The van der Waals surface area contributed by atoms with Crippen molar-refractivity contribution in [3.8, 4) is 0 Å². The number of carboxylic acid groups (broad SMARTS) is 2. The van der Waals surface area contributed by atoms with Crippen molar-refractivity contribution in [2.75, 3.05) is 6.61 Å². The number of aliphatic carboxylic acids is 2. The SMILES string of the molecule is CC(C)O.CC(C)O.CCCC(=O)CC(=O)O.CCCC(=O)CC(=O)O.CCCCO. The van der Waals surface area contributed by atoms with Gasteiger partial charge in [0, 0.05) is 31.7 Å². The Kier molecular flexibility index (Phi) is 41.9. The van der Waals surface area contributed by atoms with Crippen molar-refractivity contribution in [3.05, 3.63) is 0 Å². The molecule has 0 rings (SSSR count). The topological polar surface area (TPSA) is 169 Å². The van der Waals surface area contributed by atoms with Gasteiger partial charge in [-0.15, -0.1) is 0 Å². The van der Waals surface area contributed by atoms with Crippen LogP contribution in [0.15, 0.2) is 0 Å². The lowest BCUT2D eigenvalue weighted by molar-refractivity contribution is -0.141. The van der Waals surface area contributed by atoms with E-state index in [1.807, 2.05) is 13.8 Å². The third kappa shape index (κ3) is 96.1. The number of aliphatic hydroxyl groups is 3. The first-order valence-corrected chi connectivity index (χ1v) is 10.6. The number of ketones is 2. The Labute approximate surface area is 187 Å². The number of Topliss-reactive ketones (excluding diaryl/α,β-unsaturated/α-hetero) is 2. The van der Waals surface area contributed by atoms with Crippen LogP contribution in [0, 0.1) is 0 Å². The summed E-state index contributed by atoms with van der Waals surface area (Å²) >= 11 is 0. The summed E-state index contributed by atoms with van der Waals surface area (Å²) in [5.74, 6) is -2.45. The molecule has 0 aromatic carbocycles. The fourth-order valence-electron chi connectivity index (χ4n) is 1.23. The number of aliphatic hydroxyl groups excluding tert-OH is 3. The second-order valence-electron chi connectivity index (χ2n) is 6.98. The average Bonchev–Trinajstić information content (AvgIpc) is 2.54. The van der Waals surface area contributed by atoms with E-state index in [9.17, 15) is 19.2 Å². The molecule has 0 fully saturated rings. The highest BCUT2D eigenvalue weighted by Crippen LogP contribution is 1.93. The van der Waals surface area contributed by atoms with E-state index in [-0.39, 0.29) is 36.6 Å². The molecule has 0 saturated heterocycles. The van der Waals surface area contributed by atoms with Crippen LogP contribution in [0.5, 0.6) is 0 Å². The smallest absolute Gasteiger partial charge is 0.310 e. The summed E-state index contributed by atoms with van der Waals surface area (Å²) < 4.78 is 0. The van der Waals surface area contributed by atoms with Gasteiger partial charge in [0.05, 0.1) is 0 Å². The van der Waals surface area contributed by atoms with Gasteiger partial charge >= 0.3 is 11.9 Å². The van der Waals surface area contributed by atoms with Crippen molar-refractivity contribution >= 4 is 23.5 Å². The Balaban J connectivity index is -0.0000000956. The van der Waals surface area contributed by atoms with E-state index in [2.05, 4.69) is 6.92 Å². The standard InChI is InChI=1S/2C6H10O3.C4H10O.2C3H8O/c2*1-2-3-5(7)4-6(8)9;1-2-3-4-5;2*1-3(2)4/h2*2-4H2,1H3,(H,8,9);5H,2-4H2,1H3;2*3-4H,1-2H3. The number of carboxylic acids is 2. The highest BCUT2D eigenvalue weighted by molar-refractivity contribution is 5.95. The molecule has 0 aromatic heterocycles. The van der Waals surface area contributed by atoms with Gasteiger partial charge in [-0.05, 0) is 47.0 Å². The predicted octanol–water partition coefficient (Wildman–Crippen LogP) is 3.21. The first-order valence-electron chi connectivity index (χ1n) is 10.6. The fraction of sp³-hybridized carbons (Fsp3) is 0.818. The largest absolute Gasteiger partial charge is 0.481 e. The quantitative estimate of drug-likeness (QED) is 0.311. The van der Waals surface area contributed by atoms with Crippen molar-refractivity contribution in [3.63, 3.8) is 0 Å². The second-order valence-corrected chi connectivity index (χ2v) is 6.98. The molecule has 0 amide bonds. The van der Waals surface area contributed by atoms with E-state index in [0.717, 1.165) is 25.7 Å². The lowest BCUT2D eigenvalue weighted by Crippen LogP contribution is -2.05. The Bertz CT molecular complexity index is 376. The van der Waals surface area contributed by atoms with Crippen LogP contribution in [0.1, 0.15) is 99.8 Å². The summed E-state index contributed by atoms with van der Waals surface area (Å²) in [4.78, 5) is 40.7. The van der Waals surface area contributed by atoms with Crippen LogP contribution in [-0.4, -0.2) is 67.9 Å². The van der Waals surface area contributed by atoms with E-state index >= 15 is 0 Å². The highest BCUT2D eigenvalue weighted by Gasteiger charge is 2.05. The van der Waals surface area contributed by atoms with E-state index in [0.29, 0.717) is 19.4 Å². The third-order valence-corrected chi connectivity index (χ3v) is 2.27. The summed E-state index contributed by atoms with van der Waals surface area (Å²) in [6.07, 6.45) is 3.27. The van der Waals surface area contributed by atoms with Gasteiger partial charge in [0.2, 0.25) is 0 Å². The van der Waals surface area contributed by atoms with Gasteiger partial charge in [0.15, 0.2) is 0 Å². The molecule has 0 saturated carbocycles. The van der Waals surface area contributed by atoms with Crippen LogP contribution < -0.4 is 0 Å². The summed E-state index contributed by atoms with van der Waals surface area (Å²) in [5.41, 5.74) is 0. The van der Waals surface area contributed by atoms with Gasteiger partial charge in [0.1, 0.15) is 24.4 Å². The maximum absolute atomic E-state index is 10.5. The molecule has 188 valence electrons. The van der Waals surface area contributed by atoms with Crippen LogP contribution in [0.2, 0.25) is 0 Å². The number of carbonyl (C=O) groups excluding carboxylic acids is 2. The zero-order valence-electron chi connectivity index (χ0n) is 20.4. The van der Waals surface area contributed by atoms with E-state index in [1.54, 1.807) is 27.7 Å². The molecule has 9 heteroatoms. The van der Waals surface area contributed by atoms with Crippen LogP contribution in [0.25, 0.3) is 0 Å². The first-order chi connectivity index (χ1) is 14.2. The molecule has 0 radical (unpaired) electrons. The van der Waals surface area contributed by atoms with Gasteiger partial charge in [-0.2, -0.15) is 0 Å². The van der Waals surface area contributed by atoms with Crippen molar-refractivity contribution in [2.45, 2.75) is 112 Å². The predicted molar refractivity (Wildman–Crippen MR) is 121 cm³/mol. The van der Waals surface area contributed by atoms with Gasteiger partial charge < -0.3 is 25.5 Å². The minimum absolute atomic E-state index is 0.167. The summed E-state index contributed by atoms with van der Waals surface area (Å²) in [7, 11) is 0. The molecule has 5 N–H and O–H groups in total. The molecule has 0 bridgehead atoms. The molecule has 0 atom stereocenters. The Morgan fingerprint density at radius 3 is 1.00 bits per heavy atom. The molecular formula is C22H46O9. The van der Waals surface area contributed by atoms with Gasteiger partial charge in [0.25, 0.3) is 0 Å². The van der Waals surface area contributed by atoms with Crippen molar-refractivity contribution in [1.82, 2.24) is 0 Å². The minimum atomic E-state index is -1.03. The molecule has 0 aromatic rings. The number of hydrogen-bond donors (Lipinski definition) is 5. The second kappa shape index (κ2) is 32.8. The zero-order valence-corrected chi connectivity index (χ0v) is 20.4. The van der Waals surface area contributed by atoms with Crippen LogP contribution >= 0.6 is 0 Å². The average molecular weight is 455 g/mol. The van der Waals surface area contributed by atoms with E-state index in [1.165, 1.54) is 0 Å². The van der Waals surface area contributed by atoms with Crippen molar-refractivity contribution < 1.29 is 44.7 Å². The molecule has 31 heavy (non-hydrogen) atoms. The number of unbranched alkanes of at least 4 members (excludes halogenated alkanes) is 1. The van der Waals surface area contributed by atoms with Crippen molar-refractivity contribution in [1.29, 1.82) is 0 Å². The van der Waals surface area contributed by atoms with E-state index in [4.69, 9.17) is 25.5 Å². The van der Waals surface area contributed by atoms with Crippen LogP contribution in [-0.2, 0) is 19.2 Å². The number of rotatable bonds is 10. The molecule has 0 aliphatic heterocycles. The molecule has 0 heterocycles. The van der Waals surface area contributed by atoms with Gasteiger partial charge in [-0.1, -0.05) is 27.2 Å². The third-order valence-electron chi connectivity index (χ3n) is 2.27. The van der Waals surface area contributed by atoms with E-state index < -0.39 is 11.9 Å². The molecule has 0 spiro atoms. The summed E-state index contributed by atoms with van der Waals surface area (Å²) in [6.45, 7) is 13.0. The molecule has 0 aliphatic carbocycles. The normalized spacial score (nSPS) is 8.90. The molecule has 0 aliphatic rings. The Hall–Kier alpha value is -1.84. The highest BCUT2D eigenvalue weighted by atomic mass is 16.4. The minimum Gasteiger partial charge on any atom is -0.481 e.